The largest absolute Gasteiger partial charge is 0.383 e. The summed E-state index contributed by atoms with van der Waals surface area (Å²) in [4.78, 5) is 2.30. The van der Waals surface area contributed by atoms with Crippen molar-refractivity contribution in [2.75, 3.05) is 27.4 Å². The van der Waals surface area contributed by atoms with Crippen LogP contribution in [0.2, 0.25) is 0 Å². The van der Waals surface area contributed by atoms with E-state index in [1.807, 2.05) is 0 Å². The maximum absolute atomic E-state index is 5.56. The van der Waals surface area contributed by atoms with E-state index in [4.69, 9.17) is 15.9 Å². The number of hydrogen-bond donors (Lipinski definition) is 0. The van der Waals surface area contributed by atoms with Crippen LogP contribution in [0, 0.1) is 12.3 Å². The third-order valence-corrected chi connectivity index (χ3v) is 3.14. The summed E-state index contributed by atoms with van der Waals surface area (Å²) >= 11 is 0. The van der Waals surface area contributed by atoms with Gasteiger partial charge in [-0.1, -0.05) is 5.92 Å². The number of rotatable bonds is 4. The Morgan fingerprint density at radius 3 is 2.60 bits per heavy atom. The van der Waals surface area contributed by atoms with Crippen LogP contribution >= 0.6 is 0 Å². The fraction of sp³-hybridized carbons (Fsp3) is 0.833. The van der Waals surface area contributed by atoms with E-state index in [2.05, 4.69) is 24.7 Å². The summed E-state index contributed by atoms with van der Waals surface area (Å²) in [7, 11) is 3.47. The molecule has 0 unspecified atom stereocenters. The zero-order valence-electron chi connectivity index (χ0n) is 10.1. The molecule has 0 aliphatic carbocycles. The Balaban J connectivity index is 2.73. The highest BCUT2D eigenvalue weighted by molar-refractivity contribution is 5.12. The zero-order valence-corrected chi connectivity index (χ0v) is 10.1. The second-order valence-corrected chi connectivity index (χ2v) is 4.56. The van der Waals surface area contributed by atoms with Crippen molar-refractivity contribution >= 4 is 0 Å². The molecular formula is C12H21NO2. The third-order valence-electron chi connectivity index (χ3n) is 3.14. The molecular weight excluding hydrogens is 190 g/mol. The Morgan fingerprint density at radius 1 is 1.47 bits per heavy atom. The Labute approximate surface area is 92.7 Å². The Kier molecular flexibility index (Phi) is 4.15. The molecule has 0 aromatic carbocycles. The number of terminal acetylenes is 1. The quantitative estimate of drug-likeness (QED) is 0.651. The molecule has 0 saturated carbocycles. The summed E-state index contributed by atoms with van der Waals surface area (Å²) in [6.07, 6.45) is 6.83. The van der Waals surface area contributed by atoms with Gasteiger partial charge in [0.1, 0.15) is 0 Å². The first kappa shape index (κ1) is 12.5. The molecule has 0 aromatic rings. The molecule has 86 valence electrons. The van der Waals surface area contributed by atoms with Crippen LogP contribution < -0.4 is 0 Å². The van der Waals surface area contributed by atoms with Crippen molar-refractivity contribution in [3.63, 3.8) is 0 Å². The molecule has 1 rings (SSSR count). The van der Waals surface area contributed by atoms with E-state index in [0.717, 1.165) is 13.0 Å². The number of hydrogen-bond acceptors (Lipinski definition) is 3. The fourth-order valence-electron chi connectivity index (χ4n) is 2.16. The topological polar surface area (TPSA) is 21.7 Å². The average molecular weight is 211 g/mol. The predicted octanol–water partition coefficient (Wildman–Crippen LogP) is 1.13. The summed E-state index contributed by atoms with van der Waals surface area (Å²) in [6, 6.07) is 0.367. The normalized spacial score (nSPS) is 27.9. The lowest BCUT2D eigenvalue weighted by Gasteiger charge is -2.35. The first-order valence-corrected chi connectivity index (χ1v) is 5.31. The molecule has 0 spiro atoms. The molecule has 0 bridgehead atoms. The van der Waals surface area contributed by atoms with Crippen molar-refractivity contribution in [2.45, 2.75) is 38.0 Å². The lowest BCUT2D eigenvalue weighted by atomic mass is 10.0. The highest BCUT2D eigenvalue weighted by atomic mass is 16.5. The van der Waals surface area contributed by atoms with Crippen LogP contribution in [0.4, 0.5) is 0 Å². The highest BCUT2D eigenvalue weighted by Gasteiger charge is 2.39. The van der Waals surface area contributed by atoms with Crippen molar-refractivity contribution in [2.24, 2.45) is 0 Å². The van der Waals surface area contributed by atoms with Gasteiger partial charge in [0.2, 0.25) is 0 Å². The van der Waals surface area contributed by atoms with Gasteiger partial charge < -0.3 is 9.47 Å². The molecule has 0 aromatic heterocycles. The SMILES string of the molecule is C#CC(C)(C)N1C[C@H](OC)C[C@H]1COC. The molecule has 1 heterocycles. The van der Waals surface area contributed by atoms with Crippen LogP contribution in [0.15, 0.2) is 0 Å². The Morgan fingerprint density at radius 2 is 2.13 bits per heavy atom. The van der Waals surface area contributed by atoms with Crippen molar-refractivity contribution < 1.29 is 9.47 Å². The molecule has 2 atom stereocenters. The molecule has 15 heavy (non-hydrogen) atoms. The van der Waals surface area contributed by atoms with Crippen molar-refractivity contribution in [3.05, 3.63) is 0 Å². The summed E-state index contributed by atoms with van der Waals surface area (Å²) in [5, 5.41) is 0. The van der Waals surface area contributed by atoms with Gasteiger partial charge >= 0.3 is 0 Å². The van der Waals surface area contributed by atoms with E-state index in [9.17, 15) is 0 Å². The maximum atomic E-state index is 5.56. The standard InChI is InChI=1S/C12H21NO2/c1-6-12(2,3)13-8-11(15-5)7-10(13)9-14-4/h1,10-11H,7-9H2,2-5H3/t10-,11+/m0/s1. The van der Waals surface area contributed by atoms with E-state index >= 15 is 0 Å². The molecule has 3 nitrogen and oxygen atoms in total. The lowest BCUT2D eigenvalue weighted by Crippen LogP contribution is -2.47. The van der Waals surface area contributed by atoms with Crippen LogP contribution in [0.3, 0.4) is 0 Å². The van der Waals surface area contributed by atoms with Crippen LogP contribution in [0.1, 0.15) is 20.3 Å². The first-order chi connectivity index (χ1) is 7.05. The van der Waals surface area contributed by atoms with E-state index in [0.29, 0.717) is 12.6 Å². The molecule has 0 amide bonds. The molecule has 3 heteroatoms. The van der Waals surface area contributed by atoms with Gasteiger partial charge in [-0.2, -0.15) is 0 Å². The number of likely N-dealkylation sites (tertiary alicyclic amines) is 1. The van der Waals surface area contributed by atoms with Crippen molar-refractivity contribution in [3.8, 4) is 12.3 Å². The number of methoxy groups -OCH3 is 2. The first-order valence-electron chi connectivity index (χ1n) is 5.31. The second kappa shape index (κ2) is 4.98. The van der Waals surface area contributed by atoms with E-state index in [1.165, 1.54) is 0 Å². The van der Waals surface area contributed by atoms with Crippen LogP contribution in [-0.4, -0.2) is 50.0 Å². The summed E-state index contributed by atoms with van der Waals surface area (Å²) in [6.45, 7) is 5.73. The molecule has 1 saturated heterocycles. The monoisotopic (exact) mass is 211 g/mol. The van der Waals surface area contributed by atoms with Gasteiger partial charge in [0.05, 0.1) is 18.2 Å². The highest BCUT2D eigenvalue weighted by Crippen LogP contribution is 2.27. The molecule has 1 aliphatic rings. The minimum atomic E-state index is -0.226. The summed E-state index contributed by atoms with van der Waals surface area (Å²) in [5.41, 5.74) is -0.226. The smallest absolute Gasteiger partial charge is 0.0770 e. The van der Waals surface area contributed by atoms with Gasteiger partial charge in [-0.25, -0.2) is 0 Å². The fourth-order valence-corrected chi connectivity index (χ4v) is 2.16. The van der Waals surface area contributed by atoms with Gasteiger partial charge in [0, 0.05) is 26.8 Å². The zero-order chi connectivity index (χ0) is 11.5. The van der Waals surface area contributed by atoms with Gasteiger partial charge in [-0.15, -0.1) is 6.42 Å². The summed E-state index contributed by atoms with van der Waals surface area (Å²) < 4.78 is 10.6. The van der Waals surface area contributed by atoms with Crippen LogP contribution in [0.5, 0.6) is 0 Å². The van der Waals surface area contributed by atoms with Crippen LogP contribution in [0.25, 0.3) is 0 Å². The average Bonchev–Trinajstić information content (AvgIpc) is 2.62. The Bertz CT molecular complexity index is 244. The van der Waals surface area contributed by atoms with E-state index < -0.39 is 0 Å². The minimum absolute atomic E-state index is 0.226. The van der Waals surface area contributed by atoms with Crippen molar-refractivity contribution in [1.29, 1.82) is 0 Å². The van der Waals surface area contributed by atoms with Gasteiger partial charge in [0.15, 0.2) is 0 Å². The predicted molar refractivity (Wildman–Crippen MR) is 60.7 cm³/mol. The molecule has 0 radical (unpaired) electrons. The maximum Gasteiger partial charge on any atom is 0.0770 e. The molecule has 1 aliphatic heterocycles. The second-order valence-electron chi connectivity index (χ2n) is 4.56. The minimum Gasteiger partial charge on any atom is -0.383 e. The van der Waals surface area contributed by atoms with Gasteiger partial charge in [0.25, 0.3) is 0 Å². The third kappa shape index (κ3) is 2.72. The molecule has 1 fully saturated rings. The van der Waals surface area contributed by atoms with Crippen molar-refractivity contribution in [1.82, 2.24) is 4.90 Å². The van der Waals surface area contributed by atoms with Crippen LogP contribution in [-0.2, 0) is 9.47 Å². The lowest BCUT2D eigenvalue weighted by molar-refractivity contribution is 0.0709. The van der Waals surface area contributed by atoms with E-state index in [-0.39, 0.29) is 11.6 Å². The number of nitrogens with zero attached hydrogens (tertiary/aromatic N) is 1. The molecule has 0 N–H and O–H groups in total. The van der Waals surface area contributed by atoms with Gasteiger partial charge in [-0.3, -0.25) is 4.90 Å². The Hall–Kier alpha value is -0.560. The van der Waals surface area contributed by atoms with Gasteiger partial charge in [-0.05, 0) is 20.3 Å². The summed E-state index contributed by atoms with van der Waals surface area (Å²) in [5.74, 6) is 2.83. The number of ether oxygens (including phenoxy) is 2. The van der Waals surface area contributed by atoms with E-state index in [1.54, 1.807) is 14.2 Å².